The summed E-state index contributed by atoms with van der Waals surface area (Å²) < 4.78 is 26.6. The highest BCUT2D eigenvalue weighted by molar-refractivity contribution is 7.99. The van der Waals surface area contributed by atoms with Gasteiger partial charge in [-0.15, -0.1) is 0 Å². The average Bonchev–Trinajstić information content (AvgIpc) is 2.68. The molecule has 98 valence electrons. The van der Waals surface area contributed by atoms with Gasteiger partial charge in [-0.1, -0.05) is 6.92 Å². The van der Waals surface area contributed by atoms with Crippen molar-refractivity contribution in [3.63, 3.8) is 0 Å². The Kier molecular flexibility index (Phi) is 4.99. The lowest BCUT2D eigenvalue weighted by atomic mass is 10.4. The normalized spacial score (nSPS) is 13.9. The maximum absolute atomic E-state index is 12.0. The number of sulfonamides is 1. The number of H-pyrrole nitrogens is 1. The van der Waals surface area contributed by atoms with E-state index in [0.717, 1.165) is 0 Å². The van der Waals surface area contributed by atoms with Crippen LogP contribution in [0.2, 0.25) is 0 Å². The minimum atomic E-state index is -3.61. The molecule has 3 N–H and O–H groups in total. The molecule has 8 heteroatoms. The van der Waals surface area contributed by atoms with Crippen LogP contribution in [0.1, 0.15) is 18.3 Å². The van der Waals surface area contributed by atoms with Gasteiger partial charge in [-0.25, -0.2) is 13.1 Å². The van der Waals surface area contributed by atoms with Crippen LogP contribution in [0.25, 0.3) is 0 Å². The quantitative estimate of drug-likeness (QED) is 0.693. The summed E-state index contributed by atoms with van der Waals surface area (Å²) in [6.07, 6.45) is 1.92. The zero-order valence-electron chi connectivity index (χ0n) is 10.0. The van der Waals surface area contributed by atoms with Gasteiger partial charge in [-0.2, -0.15) is 16.9 Å². The molecule has 1 aromatic rings. The third kappa shape index (κ3) is 3.44. The number of nitrogens with zero attached hydrogens (tertiary/aromatic N) is 1. The minimum absolute atomic E-state index is 0.0494. The lowest BCUT2D eigenvalue weighted by Gasteiger charge is -2.10. The van der Waals surface area contributed by atoms with E-state index in [9.17, 15) is 8.42 Å². The van der Waals surface area contributed by atoms with Gasteiger partial charge in [0.2, 0.25) is 10.0 Å². The number of aromatic amines is 1. The van der Waals surface area contributed by atoms with E-state index in [1.165, 1.54) is 0 Å². The van der Waals surface area contributed by atoms with E-state index in [4.69, 9.17) is 5.11 Å². The van der Waals surface area contributed by atoms with E-state index in [1.807, 2.05) is 13.2 Å². The van der Waals surface area contributed by atoms with Gasteiger partial charge in [-0.3, -0.25) is 5.10 Å². The Bertz CT molecular complexity index is 470. The van der Waals surface area contributed by atoms with E-state index in [0.29, 0.717) is 12.2 Å². The summed E-state index contributed by atoms with van der Waals surface area (Å²) in [5.41, 5.74) is 0.574. The molecule has 0 saturated heterocycles. The topological polar surface area (TPSA) is 95.1 Å². The van der Waals surface area contributed by atoms with Crippen LogP contribution in [0.3, 0.4) is 0 Å². The molecule has 0 aliphatic heterocycles. The van der Waals surface area contributed by atoms with Crippen LogP contribution in [0.4, 0.5) is 0 Å². The number of nitrogens with one attached hydrogen (secondary N) is 2. The van der Waals surface area contributed by atoms with Crippen molar-refractivity contribution in [1.29, 1.82) is 0 Å². The Labute approximate surface area is 105 Å². The first kappa shape index (κ1) is 14.5. The van der Waals surface area contributed by atoms with Gasteiger partial charge in [0.1, 0.15) is 10.6 Å². The molecule has 1 heterocycles. The second-order valence-corrected chi connectivity index (χ2v) is 6.66. The predicted octanol–water partition coefficient (Wildman–Crippen LogP) is 0.240. The standard InChI is InChI=1S/C9H17N3O3S2/c1-6(16-3)4-10-17(14,15)9-7(2)11-12-8(9)5-13/h6,10,13H,4-5H2,1-3H3,(H,11,12). The Hall–Kier alpha value is -0.570. The van der Waals surface area contributed by atoms with Gasteiger partial charge < -0.3 is 5.11 Å². The molecule has 0 fully saturated rings. The lowest BCUT2D eigenvalue weighted by molar-refractivity contribution is 0.273. The number of rotatable bonds is 6. The molecule has 0 amide bonds. The van der Waals surface area contributed by atoms with Gasteiger partial charge in [0.05, 0.1) is 12.3 Å². The maximum atomic E-state index is 12.0. The van der Waals surface area contributed by atoms with Crippen molar-refractivity contribution in [2.75, 3.05) is 12.8 Å². The summed E-state index contributed by atoms with van der Waals surface area (Å²) >= 11 is 1.58. The predicted molar refractivity (Wildman–Crippen MR) is 67.4 cm³/mol. The number of hydrogen-bond acceptors (Lipinski definition) is 5. The fraction of sp³-hybridized carbons (Fsp3) is 0.667. The molecule has 1 aromatic heterocycles. The molecule has 0 aromatic carbocycles. The zero-order chi connectivity index (χ0) is 13.1. The highest BCUT2D eigenvalue weighted by Gasteiger charge is 2.23. The van der Waals surface area contributed by atoms with Gasteiger partial charge in [0, 0.05) is 11.8 Å². The second-order valence-electron chi connectivity index (χ2n) is 3.68. The van der Waals surface area contributed by atoms with Crippen LogP contribution in [0, 0.1) is 6.92 Å². The Morgan fingerprint density at radius 2 is 2.24 bits per heavy atom. The molecule has 0 aliphatic rings. The molecular weight excluding hydrogens is 262 g/mol. The minimum Gasteiger partial charge on any atom is -0.390 e. The molecule has 6 nitrogen and oxygen atoms in total. The van der Waals surface area contributed by atoms with Crippen molar-refractivity contribution < 1.29 is 13.5 Å². The van der Waals surface area contributed by atoms with Crippen LogP contribution in [-0.4, -0.2) is 41.8 Å². The highest BCUT2D eigenvalue weighted by Crippen LogP contribution is 2.17. The summed E-state index contributed by atoms with van der Waals surface area (Å²) in [6.45, 7) is 3.48. The van der Waals surface area contributed by atoms with E-state index in [1.54, 1.807) is 18.7 Å². The molecule has 0 saturated carbocycles. The average molecular weight is 279 g/mol. The van der Waals surface area contributed by atoms with Crippen molar-refractivity contribution >= 4 is 21.8 Å². The van der Waals surface area contributed by atoms with E-state index >= 15 is 0 Å². The van der Waals surface area contributed by atoms with Crippen molar-refractivity contribution in [1.82, 2.24) is 14.9 Å². The van der Waals surface area contributed by atoms with Crippen LogP contribution in [-0.2, 0) is 16.6 Å². The number of hydrogen-bond donors (Lipinski definition) is 3. The zero-order valence-corrected chi connectivity index (χ0v) is 11.7. The van der Waals surface area contributed by atoms with Crippen molar-refractivity contribution in [2.45, 2.75) is 30.6 Å². The number of aliphatic hydroxyl groups excluding tert-OH is 1. The first-order valence-electron chi connectivity index (χ1n) is 5.09. The number of aryl methyl sites for hydroxylation is 1. The number of aromatic nitrogens is 2. The molecule has 17 heavy (non-hydrogen) atoms. The summed E-state index contributed by atoms with van der Waals surface area (Å²) in [6, 6.07) is 0. The van der Waals surface area contributed by atoms with Gasteiger partial charge in [0.15, 0.2) is 0 Å². The van der Waals surface area contributed by atoms with Crippen LogP contribution in [0.5, 0.6) is 0 Å². The smallest absolute Gasteiger partial charge is 0.244 e. The Morgan fingerprint density at radius 1 is 1.59 bits per heavy atom. The largest absolute Gasteiger partial charge is 0.390 e. The van der Waals surface area contributed by atoms with E-state index in [-0.39, 0.29) is 15.8 Å². The number of thioether (sulfide) groups is 1. The molecule has 0 radical (unpaired) electrons. The Morgan fingerprint density at radius 3 is 2.76 bits per heavy atom. The van der Waals surface area contributed by atoms with Gasteiger partial charge in [-0.05, 0) is 13.2 Å². The summed E-state index contributed by atoms with van der Waals surface area (Å²) in [4.78, 5) is 0.0494. The first-order chi connectivity index (χ1) is 7.92. The highest BCUT2D eigenvalue weighted by atomic mass is 32.2. The fourth-order valence-corrected chi connectivity index (χ4v) is 3.15. The molecule has 1 unspecified atom stereocenters. The molecule has 1 rings (SSSR count). The molecule has 0 aliphatic carbocycles. The van der Waals surface area contributed by atoms with Crippen LogP contribution < -0.4 is 4.72 Å². The summed E-state index contributed by atoms with van der Waals surface area (Å²) in [5.74, 6) is 0. The Balaban J connectivity index is 2.93. The monoisotopic (exact) mass is 279 g/mol. The molecule has 0 spiro atoms. The third-order valence-electron chi connectivity index (χ3n) is 2.34. The van der Waals surface area contributed by atoms with Gasteiger partial charge >= 0.3 is 0 Å². The lowest BCUT2D eigenvalue weighted by Crippen LogP contribution is -2.30. The molecule has 1 atom stereocenters. The van der Waals surface area contributed by atoms with Crippen molar-refractivity contribution in [3.05, 3.63) is 11.4 Å². The SMILES string of the molecule is CSC(C)CNS(=O)(=O)c1c(CO)n[nH]c1C. The van der Waals surface area contributed by atoms with E-state index in [2.05, 4.69) is 14.9 Å². The third-order valence-corrected chi connectivity index (χ3v) is 4.94. The first-order valence-corrected chi connectivity index (χ1v) is 7.86. The number of aliphatic hydroxyl groups is 1. The fourth-order valence-electron chi connectivity index (χ4n) is 1.32. The van der Waals surface area contributed by atoms with Crippen molar-refractivity contribution in [2.24, 2.45) is 0 Å². The van der Waals surface area contributed by atoms with Crippen molar-refractivity contribution in [3.8, 4) is 0 Å². The van der Waals surface area contributed by atoms with E-state index < -0.39 is 16.6 Å². The summed E-state index contributed by atoms with van der Waals surface area (Å²) in [5, 5.41) is 15.5. The maximum Gasteiger partial charge on any atom is 0.244 e. The van der Waals surface area contributed by atoms with Gasteiger partial charge in [0.25, 0.3) is 0 Å². The van der Waals surface area contributed by atoms with Crippen LogP contribution >= 0.6 is 11.8 Å². The molecule has 0 bridgehead atoms. The molecular formula is C9H17N3O3S2. The van der Waals surface area contributed by atoms with Crippen LogP contribution in [0.15, 0.2) is 4.90 Å². The second kappa shape index (κ2) is 5.85. The summed E-state index contributed by atoms with van der Waals surface area (Å²) in [7, 11) is -3.61.